The Labute approximate surface area is 131 Å². The highest BCUT2D eigenvalue weighted by Gasteiger charge is 2.07. The molecule has 0 aromatic heterocycles. The molecule has 1 atom stereocenters. The lowest BCUT2D eigenvalue weighted by Gasteiger charge is -2.15. The molecule has 2 aromatic carbocycles. The molecular formula is C18H24N2O2. The molecule has 2 aromatic rings. The second-order valence-electron chi connectivity index (χ2n) is 5.51. The number of hydrogen-bond donors (Lipinski definition) is 4. The van der Waals surface area contributed by atoms with Gasteiger partial charge >= 0.3 is 0 Å². The van der Waals surface area contributed by atoms with E-state index in [0.717, 1.165) is 18.7 Å². The van der Waals surface area contributed by atoms with E-state index in [1.807, 2.05) is 0 Å². The molecule has 22 heavy (non-hydrogen) atoms. The Morgan fingerprint density at radius 2 is 1.68 bits per heavy atom. The fraction of sp³-hybridized carbons (Fsp3) is 0.333. The van der Waals surface area contributed by atoms with Crippen molar-refractivity contribution in [2.24, 2.45) is 0 Å². The molecular weight excluding hydrogens is 276 g/mol. The Morgan fingerprint density at radius 3 is 2.36 bits per heavy atom. The number of para-hydroxylation sites is 1. The Bertz CT molecular complexity index is 594. The Morgan fingerprint density at radius 1 is 1.00 bits per heavy atom. The predicted octanol–water partition coefficient (Wildman–Crippen LogP) is 2.74. The third kappa shape index (κ3) is 4.48. The van der Waals surface area contributed by atoms with Crippen LogP contribution in [0.1, 0.15) is 22.8 Å². The zero-order chi connectivity index (χ0) is 15.9. The maximum absolute atomic E-state index is 10.1. The molecule has 0 amide bonds. The van der Waals surface area contributed by atoms with E-state index in [0.29, 0.717) is 6.54 Å². The first-order valence-electron chi connectivity index (χ1n) is 7.55. The first-order chi connectivity index (χ1) is 10.6. The van der Waals surface area contributed by atoms with Gasteiger partial charge in [-0.15, -0.1) is 0 Å². The van der Waals surface area contributed by atoms with E-state index in [2.05, 4.69) is 42.7 Å². The third-order valence-electron chi connectivity index (χ3n) is 3.68. The molecule has 0 spiro atoms. The predicted molar refractivity (Wildman–Crippen MR) is 90.3 cm³/mol. The number of aliphatic hydroxyl groups is 1. The zero-order valence-electron chi connectivity index (χ0n) is 13.1. The van der Waals surface area contributed by atoms with Gasteiger partial charge in [-0.25, -0.2) is 0 Å². The van der Waals surface area contributed by atoms with Crippen molar-refractivity contribution in [3.8, 4) is 5.75 Å². The molecule has 0 saturated carbocycles. The van der Waals surface area contributed by atoms with Crippen molar-refractivity contribution in [1.82, 2.24) is 5.32 Å². The van der Waals surface area contributed by atoms with Crippen LogP contribution in [0.15, 0.2) is 42.5 Å². The highest BCUT2D eigenvalue weighted by molar-refractivity contribution is 5.56. The molecule has 0 radical (unpaired) electrons. The fourth-order valence-electron chi connectivity index (χ4n) is 2.46. The summed E-state index contributed by atoms with van der Waals surface area (Å²) in [5.74, 6) is 0.174. The molecule has 2 rings (SSSR count). The van der Waals surface area contributed by atoms with Gasteiger partial charge in [0, 0.05) is 25.3 Å². The van der Waals surface area contributed by atoms with Gasteiger partial charge in [0.25, 0.3) is 0 Å². The van der Waals surface area contributed by atoms with Gasteiger partial charge in [-0.2, -0.15) is 0 Å². The fourth-order valence-corrected chi connectivity index (χ4v) is 2.46. The third-order valence-corrected chi connectivity index (χ3v) is 3.68. The molecule has 0 bridgehead atoms. The van der Waals surface area contributed by atoms with Crippen molar-refractivity contribution < 1.29 is 10.2 Å². The van der Waals surface area contributed by atoms with Crippen molar-refractivity contribution in [1.29, 1.82) is 0 Å². The number of phenols is 1. The van der Waals surface area contributed by atoms with Crippen LogP contribution in [-0.4, -0.2) is 29.8 Å². The Kier molecular flexibility index (Phi) is 5.81. The lowest BCUT2D eigenvalue weighted by atomic mass is 10.1. The van der Waals surface area contributed by atoms with Crippen LogP contribution in [0.3, 0.4) is 0 Å². The summed E-state index contributed by atoms with van der Waals surface area (Å²) in [6, 6.07) is 13.0. The van der Waals surface area contributed by atoms with Gasteiger partial charge < -0.3 is 20.8 Å². The number of aromatic hydroxyl groups is 1. The van der Waals surface area contributed by atoms with Crippen LogP contribution >= 0.6 is 0 Å². The van der Waals surface area contributed by atoms with E-state index in [9.17, 15) is 10.2 Å². The molecule has 0 fully saturated rings. The van der Waals surface area contributed by atoms with E-state index in [1.54, 1.807) is 24.3 Å². The van der Waals surface area contributed by atoms with Gasteiger partial charge in [0.2, 0.25) is 0 Å². The van der Waals surface area contributed by atoms with E-state index in [1.165, 1.54) is 16.8 Å². The van der Waals surface area contributed by atoms with Crippen LogP contribution in [0.2, 0.25) is 0 Å². The van der Waals surface area contributed by atoms with Gasteiger partial charge in [0.15, 0.2) is 0 Å². The van der Waals surface area contributed by atoms with E-state index in [-0.39, 0.29) is 5.75 Å². The number of aliphatic hydroxyl groups excluding tert-OH is 1. The quantitative estimate of drug-likeness (QED) is 0.594. The monoisotopic (exact) mass is 300 g/mol. The standard InChI is InChI=1S/C18H24N2O2/c1-13-5-3-6-14(2)18(13)20-10-9-19-12-17(22)15-7-4-8-16(21)11-15/h3-8,11,17,19-22H,9-10,12H2,1-2H3. The largest absolute Gasteiger partial charge is 0.508 e. The second kappa shape index (κ2) is 7.82. The van der Waals surface area contributed by atoms with Gasteiger partial charge in [-0.1, -0.05) is 30.3 Å². The second-order valence-corrected chi connectivity index (χ2v) is 5.51. The minimum atomic E-state index is -0.618. The average molecular weight is 300 g/mol. The minimum absolute atomic E-state index is 0.174. The van der Waals surface area contributed by atoms with Crippen LogP contribution in [0.25, 0.3) is 0 Å². The number of phenolic OH excluding ortho intramolecular Hbond substituents is 1. The van der Waals surface area contributed by atoms with Crippen LogP contribution in [-0.2, 0) is 0 Å². The summed E-state index contributed by atoms with van der Waals surface area (Å²) in [7, 11) is 0. The summed E-state index contributed by atoms with van der Waals surface area (Å²) in [6.07, 6.45) is -0.618. The summed E-state index contributed by atoms with van der Waals surface area (Å²) in [4.78, 5) is 0. The number of rotatable bonds is 7. The zero-order valence-corrected chi connectivity index (χ0v) is 13.1. The van der Waals surface area contributed by atoms with Crippen LogP contribution in [0, 0.1) is 13.8 Å². The van der Waals surface area contributed by atoms with Gasteiger partial charge in [0.05, 0.1) is 6.10 Å². The summed E-state index contributed by atoms with van der Waals surface area (Å²) in [5.41, 5.74) is 4.37. The summed E-state index contributed by atoms with van der Waals surface area (Å²) < 4.78 is 0. The normalized spacial score (nSPS) is 12.1. The van der Waals surface area contributed by atoms with E-state index < -0.39 is 6.10 Å². The highest BCUT2D eigenvalue weighted by atomic mass is 16.3. The first-order valence-corrected chi connectivity index (χ1v) is 7.55. The average Bonchev–Trinajstić information content (AvgIpc) is 2.49. The Hall–Kier alpha value is -2.04. The molecule has 0 aliphatic carbocycles. The van der Waals surface area contributed by atoms with Crippen molar-refractivity contribution in [3.05, 3.63) is 59.2 Å². The summed E-state index contributed by atoms with van der Waals surface area (Å²) >= 11 is 0. The molecule has 0 heterocycles. The van der Waals surface area contributed by atoms with E-state index >= 15 is 0 Å². The molecule has 0 aliphatic rings. The Balaban J connectivity index is 1.73. The van der Waals surface area contributed by atoms with Crippen LogP contribution in [0.5, 0.6) is 5.75 Å². The molecule has 4 nitrogen and oxygen atoms in total. The van der Waals surface area contributed by atoms with Crippen molar-refractivity contribution in [3.63, 3.8) is 0 Å². The lowest BCUT2D eigenvalue weighted by Crippen LogP contribution is -2.27. The highest BCUT2D eigenvalue weighted by Crippen LogP contribution is 2.19. The van der Waals surface area contributed by atoms with Gasteiger partial charge in [0.1, 0.15) is 5.75 Å². The summed E-state index contributed by atoms with van der Waals surface area (Å²) in [6.45, 7) is 6.18. The molecule has 4 N–H and O–H groups in total. The summed E-state index contributed by atoms with van der Waals surface area (Å²) in [5, 5.41) is 26.1. The van der Waals surface area contributed by atoms with Crippen molar-refractivity contribution >= 4 is 5.69 Å². The first kappa shape index (κ1) is 16.3. The molecule has 1 unspecified atom stereocenters. The number of anilines is 1. The van der Waals surface area contributed by atoms with Gasteiger partial charge in [-0.3, -0.25) is 0 Å². The number of benzene rings is 2. The minimum Gasteiger partial charge on any atom is -0.508 e. The van der Waals surface area contributed by atoms with Crippen molar-refractivity contribution in [2.75, 3.05) is 25.0 Å². The van der Waals surface area contributed by atoms with Crippen molar-refractivity contribution in [2.45, 2.75) is 20.0 Å². The maximum Gasteiger partial charge on any atom is 0.115 e. The smallest absolute Gasteiger partial charge is 0.115 e. The molecule has 118 valence electrons. The SMILES string of the molecule is Cc1cccc(C)c1NCCNCC(O)c1cccc(O)c1. The van der Waals surface area contributed by atoms with E-state index in [4.69, 9.17) is 0 Å². The number of hydrogen-bond acceptors (Lipinski definition) is 4. The molecule has 0 saturated heterocycles. The maximum atomic E-state index is 10.1. The molecule has 4 heteroatoms. The van der Waals surface area contributed by atoms with Crippen LogP contribution in [0.4, 0.5) is 5.69 Å². The lowest BCUT2D eigenvalue weighted by molar-refractivity contribution is 0.175. The van der Waals surface area contributed by atoms with Gasteiger partial charge in [-0.05, 0) is 42.7 Å². The topological polar surface area (TPSA) is 64.5 Å². The number of nitrogens with one attached hydrogen (secondary N) is 2. The number of aryl methyl sites for hydroxylation is 2. The van der Waals surface area contributed by atoms with Crippen LogP contribution < -0.4 is 10.6 Å². The molecule has 0 aliphatic heterocycles.